The molecule has 1 unspecified atom stereocenters. The molecule has 18 heavy (non-hydrogen) atoms. The van der Waals surface area contributed by atoms with E-state index in [9.17, 15) is 9.90 Å². The Morgan fingerprint density at radius 1 is 1.56 bits per heavy atom. The zero-order valence-corrected chi connectivity index (χ0v) is 10.6. The van der Waals surface area contributed by atoms with E-state index in [4.69, 9.17) is 5.73 Å². The fraction of sp³-hybridized carbons (Fsp3) is 0.500. The van der Waals surface area contributed by atoms with E-state index in [1.54, 1.807) is 0 Å². The third-order valence-electron chi connectivity index (χ3n) is 3.35. The Hall–Kier alpha value is -1.39. The molecule has 4 N–H and O–H groups in total. The second-order valence-corrected chi connectivity index (χ2v) is 5.03. The normalized spacial score (nSPS) is 23.5. The van der Waals surface area contributed by atoms with Gasteiger partial charge in [0.05, 0.1) is 12.1 Å². The first kappa shape index (κ1) is 13.1. The lowest BCUT2D eigenvalue weighted by molar-refractivity contribution is -0.122. The van der Waals surface area contributed by atoms with Crippen molar-refractivity contribution in [2.75, 3.05) is 0 Å². The molecular formula is C14H20N2O2. The number of rotatable bonds is 4. The van der Waals surface area contributed by atoms with Crippen LogP contribution in [-0.2, 0) is 11.2 Å². The summed E-state index contributed by atoms with van der Waals surface area (Å²) < 4.78 is 0. The Bertz CT molecular complexity index is 432. The standard InChI is InChI=1S/C14H20N2O2/c1-9(15)6-7-13(18)16-14-11-5-3-2-4-10(11)8-12(14)17/h2-5,9,12,14,17H,6-8,15H2,1H3,(H,16,18)/t9?,12-,14+/m0/s1. The first-order valence-corrected chi connectivity index (χ1v) is 6.38. The molecule has 0 spiro atoms. The van der Waals surface area contributed by atoms with Crippen LogP contribution in [0.3, 0.4) is 0 Å². The van der Waals surface area contributed by atoms with Crippen molar-refractivity contribution in [3.8, 4) is 0 Å². The molecular weight excluding hydrogens is 228 g/mol. The molecule has 0 aliphatic heterocycles. The Morgan fingerprint density at radius 2 is 2.28 bits per heavy atom. The van der Waals surface area contributed by atoms with E-state index in [2.05, 4.69) is 5.32 Å². The van der Waals surface area contributed by atoms with Crippen LogP contribution < -0.4 is 11.1 Å². The van der Waals surface area contributed by atoms with Crippen LogP contribution in [0.5, 0.6) is 0 Å². The number of hydrogen-bond acceptors (Lipinski definition) is 3. The van der Waals surface area contributed by atoms with E-state index in [0.29, 0.717) is 19.3 Å². The molecule has 3 atom stereocenters. The zero-order valence-electron chi connectivity index (χ0n) is 10.6. The molecule has 0 heterocycles. The average Bonchev–Trinajstić information content (AvgIpc) is 2.64. The summed E-state index contributed by atoms with van der Waals surface area (Å²) >= 11 is 0. The zero-order chi connectivity index (χ0) is 13.1. The third-order valence-corrected chi connectivity index (χ3v) is 3.35. The fourth-order valence-corrected chi connectivity index (χ4v) is 2.35. The molecule has 0 saturated carbocycles. The van der Waals surface area contributed by atoms with Gasteiger partial charge in [0.2, 0.25) is 5.91 Å². The molecule has 1 aromatic rings. The molecule has 1 aromatic carbocycles. The lowest BCUT2D eigenvalue weighted by Gasteiger charge is -2.18. The first-order chi connectivity index (χ1) is 8.58. The molecule has 0 aromatic heterocycles. The number of carbonyl (C=O) groups excluding carboxylic acids is 1. The van der Waals surface area contributed by atoms with Crippen molar-refractivity contribution in [2.24, 2.45) is 5.73 Å². The van der Waals surface area contributed by atoms with E-state index in [1.807, 2.05) is 31.2 Å². The molecule has 4 heteroatoms. The predicted molar refractivity (Wildman–Crippen MR) is 69.9 cm³/mol. The fourth-order valence-electron chi connectivity index (χ4n) is 2.35. The van der Waals surface area contributed by atoms with E-state index < -0.39 is 6.10 Å². The summed E-state index contributed by atoms with van der Waals surface area (Å²) in [6.07, 6.45) is 1.15. The molecule has 1 aliphatic rings. The topological polar surface area (TPSA) is 75.4 Å². The van der Waals surface area contributed by atoms with E-state index >= 15 is 0 Å². The minimum atomic E-state index is -0.526. The van der Waals surface area contributed by atoms with Gasteiger partial charge in [0.25, 0.3) is 0 Å². The van der Waals surface area contributed by atoms with Gasteiger partial charge < -0.3 is 16.2 Å². The summed E-state index contributed by atoms with van der Waals surface area (Å²) in [5.41, 5.74) is 7.76. The molecule has 98 valence electrons. The Kier molecular flexibility index (Phi) is 3.99. The van der Waals surface area contributed by atoms with Gasteiger partial charge in [-0.3, -0.25) is 4.79 Å². The monoisotopic (exact) mass is 248 g/mol. The molecule has 0 fully saturated rings. The Morgan fingerprint density at radius 3 is 3.00 bits per heavy atom. The SMILES string of the molecule is CC(N)CCC(=O)N[C@@H]1c2ccccc2C[C@@H]1O. The Balaban J connectivity index is 1.99. The molecule has 0 radical (unpaired) electrons. The van der Waals surface area contributed by atoms with E-state index in [0.717, 1.165) is 11.1 Å². The van der Waals surface area contributed by atoms with Gasteiger partial charge in [-0.15, -0.1) is 0 Å². The van der Waals surface area contributed by atoms with Crippen molar-refractivity contribution >= 4 is 5.91 Å². The highest BCUT2D eigenvalue weighted by Gasteiger charge is 2.31. The molecule has 4 nitrogen and oxygen atoms in total. The maximum Gasteiger partial charge on any atom is 0.220 e. The summed E-state index contributed by atoms with van der Waals surface area (Å²) in [7, 11) is 0. The summed E-state index contributed by atoms with van der Waals surface area (Å²) in [4.78, 5) is 11.8. The number of benzene rings is 1. The van der Waals surface area contributed by atoms with Gasteiger partial charge in [0.1, 0.15) is 0 Å². The summed E-state index contributed by atoms with van der Waals surface area (Å²) in [6, 6.07) is 7.58. The Labute approximate surface area is 107 Å². The minimum Gasteiger partial charge on any atom is -0.390 e. The quantitative estimate of drug-likeness (QED) is 0.740. The molecule has 0 bridgehead atoms. The van der Waals surface area contributed by atoms with Crippen molar-refractivity contribution in [2.45, 2.75) is 44.4 Å². The van der Waals surface area contributed by atoms with E-state index in [-0.39, 0.29) is 18.0 Å². The van der Waals surface area contributed by atoms with Crippen molar-refractivity contribution in [3.63, 3.8) is 0 Å². The van der Waals surface area contributed by atoms with Crippen LogP contribution in [0.1, 0.15) is 36.9 Å². The second kappa shape index (κ2) is 5.50. The number of hydrogen-bond donors (Lipinski definition) is 3. The van der Waals surface area contributed by atoms with Gasteiger partial charge in [0, 0.05) is 18.9 Å². The largest absolute Gasteiger partial charge is 0.390 e. The van der Waals surface area contributed by atoms with Gasteiger partial charge in [-0.05, 0) is 24.5 Å². The van der Waals surface area contributed by atoms with Crippen LogP contribution in [0.25, 0.3) is 0 Å². The van der Waals surface area contributed by atoms with Crippen LogP contribution in [-0.4, -0.2) is 23.2 Å². The van der Waals surface area contributed by atoms with Crippen molar-refractivity contribution in [3.05, 3.63) is 35.4 Å². The van der Waals surface area contributed by atoms with Crippen LogP contribution in [0, 0.1) is 0 Å². The average molecular weight is 248 g/mol. The van der Waals surface area contributed by atoms with Crippen LogP contribution in [0.15, 0.2) is 24.3 Å². The lowest BCUT2D eigenvalue weighted by atomic mass is 10.1. The van der Waals surface area contributed by atoms with Gasteiger partial charge >= 0.3 is 0 Å². The molecule has 0 saturated heterocycles. The van der Waals surface area contributed by atoms with Crippen molar-refractivity contribution in [1.82, 2.24) is 5.32 Å². The van der Waals surface area contributed by atoms with Crippen molar-refractivity contribution in [1.29, 1.82) is 0 Å². The van der Waals surface area contributed by atoms with Crippen LogP contribution in [0.4, 0.5) is 0 Å². The predicted octanol–water partition coefficient (Wildman–Crippen LogP) is 0.888. The highest BCUT2D eigenvalue weighted by atomic mass is 16.3. The summed E-state index contributed by atoms with van der Waals surface area (Å²) in [6.45, 7) is 1.88. The molecule has 1 aliphatic carbocycles. The maximum atomic E-state index is 11.8. The molecule has 2 rings (SSSR count). The number of nitrogens with one attached hydrogen (secondary N) is 1. The van der Waals surface area contributed by atoms with E-state index in [1.165, 1.54) is 0 Å². The molecule has 1 amide bonds. The van der Waals surface area contributed by atoms with Gasteiger partial charge in [-0.1, -0.05) is 24.3 Å². The van der Waals surface area contributed by atoms with Crippen molar-refractivity contribution < 1.29 is 9.90 Å². The number of amides is 1. The highest BCUT2D eigenvalue weighted by Crippen LogP contribution is 2.31. The maximum absolute atomic E-state index is 11.8. The number of aliphatic hydroxyl groups excluding tert-OH is 1. The van der Waals surface area contributed by atoms with Crippen LogP contribution >= 0.6 is 0 Å². The third kappa shape index (κ3) is 2.89. The number of fused-ring (bicyclic) bond motifs is 1. The minimum absolute atomic E-state index is 0.0246. The number of carbonyl (C=O) groups is 1. The highest BCUT2D eigenvalue weighted by molar-refractivity contribution is 5.76. The first-order valence-electron chi connectivity index (χ1n) is 6.38. The lowest BCUT2D eigenvalue weighted by Crippen LogP contribution is -2.34. The summed E-state index contributed by atoms with van der Waals surface area (Å²) in [5, 5.41) is 12.9. The number of aliphatic hydroxyl groups is 1. The number of nitrogens with two attached hydrogens (primary N) is 1. The van der Waals surface area contributed by atoms with Gasteiger partial charge in [-0.25, -0.2) is 0 Å². The smallest absolute Gasteiger partial charge is 0.220 e. The van der Waals surface area contributed by atoms with Gasteiger partial charge in [0.15, 0.2) is 0 Å². The second-order valence-electron chi connectivity index (χ2n) is 5.03. The summed E-state index contributed by atoms with van der Waals surface area (Å²) in [5.74, 6) is -0.0481. The van der Waals surface area contributed by atoms with Crippen LogP contribution in [0.2, 0.25) is 0 Å². The van der Waals surface area contributed by atoms with Gasteiger partial charge in [-0.2, -0.15) is 0 Å².